The van der Waals surface area contributed by atoms with Crippen molar-refractivity contribution in [1.29, 1.82) is 0 Å². The van der Waals surface area contributed by atoms with Gasteiger partial charge in [-0.1, -0.05) is 47.5 Å². The predicted octanol–water partition coefficient (Wildman–Crippen LogP) is 3.26. The van der Waals surface area contributed by atoms with Gasteiger partial charge in [0.25, 0.3) is 0 Å². The molecule has 0 unspecified atom stereocenters. The molecule has 1 atom stereocenters. The second-order valence-electron chi connectivity index (χ2n) is 6.76. The Hall–Kier alpha value is -2.34. The number of anilines is 1. The fourth-order valence-corrected chi connectivity index (χ4v) is 3.74. The smallest absolute Gasteiger partial charge is 0.241 e. The molecule has 140 valence electrons. The van der Waals surface area contributed by atoms with Crippen molar-refractivity contribution in [2.45, 2.75) is 33.7 Å². The number of rotatable bonds is 6. The lowest BCUT2D eigenvalue weighted by Gasteiger charge is -2.25. The van der Waals surface area contributed by atoms with Gasteiger partial charge in [-0.05, 0) is 44.9 Å². The van der Waals surface area contributed by atoms with Gasteiger partial charge in [-0.2, -0.15) is 0 Å². The fraction of sp³-hybridized carbons (Fsp3) is 0.350. The summed E-state index contributed by atoms with van der Waals surface area (Å²) < 4.78 is 25.6. The number of carbonyl (C=O) groups is 1. The van der Waals surface area contributed by atoms with Gasteiger partial charge in [0, 0.05) is 0 Å². The second kappa shape index (κ2) is 7.91. The van der Waals surface area contributed by atoms with Crippen molar-refractivity contribution in [3.63, 3.8) is 0 Å². The number of sulfonamides is 1. The molecule has 26 heavy (non-hydrogen) atoms. The summed E-state index contributed by atoms with van der Waals surface area (Å²) in [7, 11) is -3.58. The molecule has 0 spiro atoms. The third-order valence-electron chi connectivity index (χ3n) is 4.26. The van der Waals surface area contributed by atoms with Gasteiger partial charge in [-0.15, -0.1) is 0 Å². The Morgan fingerprint density at radius 3 is 2.15 bits per heavy atom. The molecular formula is C20H26N2O3S. The van der Waals surface area contributed by atoms with Crippen LogP contribution in [0.5, 0.6) is 0 Å². The first kappa shape index (κ1) is 20.0. The first-order valence-electron chi connectivity index (χ1n) is 8.49. The first-order chi connectivity index (χ1) is 12.1. The van der Waals surface area contributed by atoms with Crippen molar-refractivity contribution in [3.8, 4) is 0 Å². The Morgan fingerprint density at radius 2 is 1.62 bits per heavy atom. The molecule has 2 aromatic carbocycles. The van der Waals surface area contributed by atoms with Gasteiger partial charge >= 0.3 is 0 Å². The SMILES string of the molecule is Cc1ccc([C@@H](C)NC(=O)CN(c2ccc(C)cc2C)S(C)(=O)=O)cc1. The average Bonchev–Trinajstić information content (AvgIpc) is 2.53. The van der Waals surface area contributed by atoms with Crippen LogP contribution >= 0.6 is 0 Å². The highest BCUT2D eigenvalue weighted by molar-refractivity contribution is 7.92. The lowest BCUT2D eigenvalue weighted by atomic mass is 10.1. The van der Waals surface area contributed by atoms with Gasteiger partial charge in [-0.3, -0.25) is 9.10 Å². The molecule has 1 N–H and O–H groups in total. The molecule has 0 aliphatic heterocycles. The summed E-state index contributed by atoms with van der Waals surface area (Å²) in [5.74, 6) is -0.344. The quantitative estimate of drug-likeness (QED) is 0.844. The molecule has 0 heterocycles. The molecule has 0 aromatic heterocycles. The molecule has 1 amide bonds. The first-order valence-corrected chi connectivity index (χ1v) is 10.3. The van der Waals surface area contributed by atoms with Gasteiger partial charge < -0.3 is 5.32 Å². The zero-order valence-electron chi connectivity index (χ0n) is 15.9. The average molecular weight is 375 g/mol. The second-order valence-corrected chi connectivity index (χ2v) is 8.67. The van der Waals surface area contributed by atoms with Gasteiger partial charge in [0.15, 0.2) is 0 Å². The zero-order chi connectivity index (χ0) is 19.5. The molecule has 2 aromatic rings. The molecule has 0 saturated carbocycles. The third kappa shape index (κ3) is 5.08. The van der Waals surface area contributed by atoms with Gasteiger partial charge in [0.1, 0.15) is 6.54 Å². The normalized spacial score (nSPS) is 12.5. The fourth-order valence-electron chi connectivity index (χ4n) is 2.82. The van der Waals surface area contributed by atoms with Gasteiger partial charge in [0.2, 0.25) is 15.9 Å². The van der Waals surface area contributed by atoms with Crippen molar-refractivity contribution in [1.82, 2.24) is 5.32 Å². The van der Waals surface area contributed by atoms with Gasteiger partial charge in [0.05, 0.1) is 18.0 Å². The number of amides is 1. The van der Waals surface area contributed by atoms with E-state index in [1.807, 2.05) is 64.1 Å². The summed E-state index contributed by atoms with van der Waals surface area (Å²) in [6, 6.07) is 13.2. The van der Waals surface area contributed by atoms with E-state index in [1.54, 1.807) is 6.07 Å². The number of benzene rings is 2. The Balaban J connectivity index is 2.18. The van der Waals surface area contributed by atoms with Crippen LogP contribution in [0.2, 0.25) is 0 Å². The maximum absolute atomic E-state index is 12.5. The maximum Gasteiger partial charge on any atom is 0.241 e. The van der Waals surface area contributed by atoms with Crippen LogP contribution in [0.25, 0.3) is 0 Å². The monoisotopic (exact) mass is 374 g/mol. The van der Waals surface area contributed by atoms with Gasteiger partial charge in [-0.25, -0.2) is 8.42 Å². The van der Waals surface area contributed by atoms with Crippen LogP contribution in [-0.2, 0) is 14.8 Å². The van der Waals surface area contributed by atoms with E-state index in [1.165, 1.54) is 0 Å². The summed E-state index contributed by atoms with van der Waals surface area (Å²) in [5, 5.41) is 2.87. The van der Waals surface area contributed by atoms with E-state index in [9.17, 15) is 13.2 Å². The summed E-state index contributed by atoms with van der Waals surface area (Å²) in [6.07, 6.45) is 1.11. The number of hydrogen-bond donors (Lipinski definition) is 1. The molecule has 0 saturated heterocycles. The van der Waals surface area contributed by atoms with E-state index in [0.29, 0.717) is 5.69 Å². The Kier molecular flexibility index (Phi) is 6.08. The Labute approximate surface area is 156 Å². The van der Waals surface area contributed by atoms with Crippen molar-refractivity contribution >= 4 is 21.6 Å². The van der Waals surface area contributed by atoms with Crippen molar-refractivity contribution in [3.05, 3.63) is 64.7 Å². The topological polar surface area (TPSA) is 66.5 Å². The predicted molar refractivity (Wildman–Crippen MR) is 106 cm³/mol. The molecule has 0 bridgehead atoms. The number of aryl methyl sites for hydroxylation is 3. The van der Waals surface area contributed by atoms with Crippen LogP contribution in [-0.4, -0.2) is 27.1 Å². The standard InChI is InChI=1S/C20H26N2O3S/c1-14-6-9-18(10-7-14)17(4)21-20(23)13-22(26(5,24)25)19-11-8-15(2)12-16(19)3/h6-12,17H,13H2,1-5H3,(H,21,23)/t17-/m1/s1. The molecule has 0 aliphatic carbocycles. The van der Waals surface area contributed by atoms with Crippen LogP contribution in [0.15, 0.2) is 42.5 Å². The molecule has 6 heteroatoms. The van der Waals surface area contributed by atoms with Crippen molar-refractivity contribution < 1.29 is 13.2 Å². The molecule has 2 rings (SSSR count). The van der Waals surface area contributed by atoms with Crippen LogP contribution in [0.3, 0.4) is 0 Å². The van der Waals surface area contributed by atoms with E-state index in [2.05, 4.69) is 5.32 Å². The lowest BCUT2D eigenvalue weighted by Crippen LogP contribution is -2.41. The summed E-state index contributed by atoms with van der Waals surface area (Å²) in [5.41, 5.74) is 4.50. The largest absolute Gasteiger partial charge is 0.348 e. The number of nitrogens with zero attached hydrogens (tertiary/aromatic N) is 1. The minimum absolute atomic E-state index is 0.205. The number of nitrogens with one attached hydrogen (secondary N) is 1. The minimum Gasteiger partial charge on any atom is -0.348 e. The van der Waals surface area contributed by atoms with E-state index >= 15 is 0 Å². The summed E-state index contributed by atoms with van der Waals surface area (Å²) in [6.45, 7) is 7.41. The van der Waals surface area contributed by atoms with Crippen LogP contribution in [0, 0.1) is 20.8 Å². The molecule has 0 fully saturated rings. The number of hydrogen-bond acceptors (Lipinski definition) is 3. The van der Waals surface area contributed by atoms with E-state index < -0.39 is 10.0 Å². The zero-order valence-corrected chi connectivity index (χ0v) is 16.7. The van der Waals surface area contributed by atoms with E-state index in [-0.39, 0.29) is 18.5 Å². The number of carbonyl (C=O) groups excluding carboxylic acids is 1. The minimum atomic E-state index is -3.58. The highest BCUT2D eigenvalue weighted by Gasteiger charge is 2.23. The van der Waals surface area contributed by atoms with E-state index in [4.69, 9.17) is 0 Å². The molecule has 5 nitrogen and oxygen atoms in total. The third-order valence-corrected chi connectivity index (χ3v) is 5.39. The summed E-state index contributed by atoms with van der Waals surface area (Å²) >= 11 is 0. The lowest BCUT2D eigenvalue weighted by molar-refractivity contribution is -0.120. The molecule has 0 aliphatic rings. The highest BCUT2D eigenvalue weighted by Crippen LogP contribution is 2.23. The van der Waals surface area contributed by atoms with Crippen molar-refractivity contribution in [2.24, 2.45) is 0 Å². The van der Waals surface area contributed by atoms with Crippen LogP contribution in [0.4, 0.5) is 5.69 Å². The molecule has 0 radical (unpaired) electrons. The highest BCUT2D eigenvalue weighted by atomic mass is 32.2. The maximum atomic E-state index is 12.5. The van der Waals surface area contributed by atoms with Crippen LogP contribution < -0.4 is 9.62 Å². The van der Waals surface area contributed by atoms with E-state index in [0.717, 1.165) is 32.8 Å². The Morgan fingerprint density at radius 1 is 1.04 bits per heavy atom. The van der Waals surface area contributed by atoms with Crippen molar-refractivity contribution in [2.75, 3.05) is 17.1 Å². The molecular weight excluding hydrogens is 348 g/mol. The summed E-state index contributed by atoms with van der Waals surface area (Å²) in [4.78, 5) is 12.5. The Bertz CT molecular complexity index is 890. The van der Waals surface area contributed by atoms with Crippen LogP contribution in [0.1, 0.15) is 35.2 Å².